The van der Waals surface area contributed by atoms with Crippen LogP contribution in [0.3, 0.4) is 0 Å². The van der Waals surface area contributed by atoms with Gasteiger partial charge in [0.05, 0.1) is 10.9 Å². The Hall–Kier alpha value is -3.11. The standard InChI is InChI=1S/C20H14N4O4S4/c21-12-14(18(25)22-20-24-23-19(31-20)16-7-3-9-29-16)11-13-5-1-2-6-15(13)28-32(26,27)17-8-4-10-30-17/h1-10,14H,11H2,(H,22,24,25). The van der Waals surface area contributed by atoms with Crippen molar-refractivity contribution < 1.29 is 17.4 Å². The highest BCUT2D eigenvalue weighted by Crippen LogP contribution is 2.31. The Bertz CT molecular complexity index is 1360. The lowest BCUT2D eigenvalue weighted by atomic mass is 9.99. The zero-order valence-corrected chi connectivity index (χ0v) is 19.4. The van der Waals surface area contributed by atoms with E-state index < -0.39 is 21.9 Å². The van der Waals surface area contributed by atoms with E-state index in [1.807, 2.05) is 23.6 Å². The van der Waals surface area contributed by atoms with Gasteiger partial charge in [0.1, 0.15) is 11.7 Å². The number of nitrogens with zero attached hydrogens (tertiary/aromatic N) is 3. The largest absolute Gasteiger partial charge is 0.378 e. The average Bonchev–Trinajstić information content (AvgIpc) is 3.55. The highest BCUT2D eigenvalue weighted by molar-refractivity contribution is 7.89. The number of amides is 1. The van der Waals surface area contributed by atoms with E-state index in [2.05, 4.69) is 15.5 Å². The van der Waals surface area contributed by atoms with Gasteiger partial charge in [0.2, 0.25) is 11.0 Å². The molecular weight excluding hydrogens is 489 g/mol. The minimum atomic E-state index is -4.00. The molecule has 1 aromatic carbocycles. The van der Waals surface area contributed by atoms with Crippen molar-refractivity contribution in [2.24, 2.45) is 5.92 Å². The van der Waals surface area contributed by atoms with E-state index in [1.165, 1.54) is 34.8 Å². The van der Waals surface area contributed by atoms with E-state index in [1.54, 1.807) is 29.6 Å². The van der Waals surface area contributed by atoms with Crippen LogP contribution in [0.15, 0.2) is 63.5 Å². The second kappa shape index (κ2) is 9.58. The molecule has 3 heterocycles. The number of carbonyl (C=O) groups excluding carboxylic acids is 1. The lowest BCUT2D eigenvalue weighted by Gasteiger charge is -2.13. The number of nitriles is 1. The SMILES string of the molecule is N#CC(Cc1ccccc1OS(=O)(=O)c1cccs1)C(=O)Nc1nnc(-c2cccs2)s1. The first-order valence-electron chi connectivity index (χ1n) is 9.10. The fraction of sp³-hybridized carbons (Fsp3) is 0.100. The molecule has 1 N–H and O–H groups in total. The van der Waals surface area contributed by atoms with Crippen molar-refractivity contribution in [3.8, 4) is 21.7 Å². The van der Waals surface area contributed by atoms with E-state index >= 15 is 0 Å². The third kappa shape index (κ3) is 5.03. The van der Waals surface area contributed by atoms with Gasteiger partial charge in [0.15, 0.2) is 9.22 Å². The maximum absolute atomic E-state index is 12.7. The van der Waals surface area contributed by atoms with Gasteiger partial charge in [0.25, 0.3) is 0 Å². The van der Waals surface area contributed by atoms with Gasteiger partial charge in [-0.3, -0.25) is 10.1 Å². The monoisotopic (exact) mass is 502 g/mol. The van der Waals surface area contributed by atoms with Crippen molar-refractivity contribution in [3.63, 3.8) is 0 Å². The van der Waals surface area contributed by atoms with Gasteiger partial charge in [-0.15, -0.1) is 32.9 Å². The lowest BCUT2D eigenvalue weighted by Crippen LogP contribution is -2.23. The summed E-state index contributed by atoms with van der Waals surface area (Å²) in [7, 11) is -4.00. The predicted octanol–water partition coefficient (Wildman–Crippen LogP) is 4.42. The van der Waals surface area contributed by atoms with E-state index in [4.69, 9.17) is 4.18 Å². The Morgan fingerprint density at radius 1 is 1.09 bits per heavy atom. The summed E-state index contributed by atoms with van der Waals surface area (Å²) in [5, 5.41) is 24.7. The molecule has 1 amide bonds. The van der Waals surface area contributed by atoms with Crippen LogP contribution in [0.4, 0.5) is 5.13 Å². The molecule has 0 bridgehead atoms. The fourth-order valence-corrected chi connectivity index (χ4v) is 6.16. The minimum absolute atomic E-state index is 0.0327. The Morgan fingerprint density at radius 2 is 1.88 bits per heavy atom. The normalized spacial score (nSPS) is 12.1. The zero-order chi connectivity index (χ0) is 22.6. The Kier molecular flexibility index (Phi) is 6.61. The summed E-state index contributed by atoms with van der Waals surface area (Å²) in [5.74, 6) is -1.57. The van der Waals surface area contributed by atoms with Gasteiger partial charge < -0.3 is 4.18 Å². The third-order valence-corrected chi connectivity index (χ3v) is 8.67. The van der Waals surface area contributed by atoms with Gasteiger partial charge >= 0.3 is 10.1 Å². The zero-order valence-electron chi connectivity index (χ0n) is 16.2. The number of hydrogen-bond acceptors (Lipinski definition) is 10. The molecule has 0 radical (unpaired) electrons. The summed E-state index contributed by atoms with van der Waals surface area (Å²) in [6.07, 6.45) is -0.0327. The number of carbonyl (C=O) groups is 1. The molecule has 0 aliphatic carbocycles. The Balaban J connectivity index is 1.48. The van der Waals surface area contributed by atoms with Crippen LogP contribution >= 0.6 is 34.0 Å². The minimum Gasteiger partial charge on any atom is -0.378 e. The van der Waals surface area contributed by atoms with E-state index in [0.717, 1.165) is 16.2 Å². The van der Waals surface area contributed by atoms with Crippen molar-refractivity contribution in [1.29, 1.82) is 5.26 Å². The van der Waals surface area contributed by atoms with Gasteiger partial charge in [-0.25, -0.2) is 0 Å². The van der Waals surface area contributed by atoms with Gasteiger partial charge in [-0.1, -0.05) is 41.7 Å². The highest BCUT2D eigenvalue weighted by Gasteiger charge is 2.24. The Labute approximate surface area is 195 Å². The average molecular weight is 503 g/mol. The second-order valence-electron chi connectivity index (χ2n) is 6.34. The van der Waals surface area contributed by atoms with E-state index in [9.17, 15) is 18.5 Å². The van der Waals surface area contributed by atoms with Gasteiger partial charge in [0, 0.05) is 6.42 Å². The van der Waals surface area contributed by atoms with E-state index in [-0.39, 0.29) is 21.5 Å². The van der Waals surface area contributed by atoms with Crippen LogP contribution in [0.1, 0.15) is 5.56 Å². The summed E-state index contributed by atoms with van der Waals surface area (Å²) < 4.78 is 30.3. The number of benzene rings is 1. The summed E-state index contributed by atoms with van der Waals surface area (Å²) in [6, 6.07) is 15.2. The molecule has 8 nitrogen and oxygen atoms in total. The van der Waals surface area contributed by atoms with Crippen LogP contribution in [-0.4, -0.2) is 24.5 Å². The first kappa shape index (κ1) is 22.1. The van der Waals surface area contributed by atoms with Gasteiger partial charge in [-0.2, -0.15) is 13.7 Å². The van der Waals surface area contributed by atoms with Crippen molar-refractivity contribution in [3.05, 3.63) is 64.9 Å². The summed E-state index contributed by atoms with van der Waals surface area (Å²) in [4.78, 5) is 13.6. The summed E-state index contributed by atoms with van der Waals surface area (Å²) >= 11 is 3.75. The molecule has 0 fully saturated rings. The highest BCUT2D eigenvalue weighted by atomic mass is 32.3. The quantitative estimate of drug-likeness (QED) is 0.354. The molecule has 0 aliphatic heterocycles. The number of rotatable bonds is 8. The van der Waals surface area contributed by atoms with Crippen LogP contribution in [0.5, 0.6) is 5.75 Å². The molecule has 0 spiro atoms. The second-order valence-corrected chi connectivity index (χ2v) is 11.0. The molecule has 1 unspecified atom stereocenters. The molecule has 162 valence electrons. The number of aromatic nitrogens is 2. The number of para-hydroxylation sites is 1. The summed E-state index contributed by atoms with van der Waals surface area (Å²) in [5.41, 5.74) is 0.422. The topological polar surface area (TPSA) is 122 Å². The molecule has 32 heavy (non-hydrogen) atoms. The van der Waals surface area contributed by atoms with Crippen molar-refractivity contribution >= 4 is 55.2 Å². The van der Waals surface area contributed by atoms with Crippen molar-refractivity contribution in [2.75, 3.05) is 5.32 Å². The summed E-state index contributed by atoms with van der Waals surface area (Å²) in [6.45, 7) is 0. The third-order valence-electron chi connectivity index (χ3n) is 4.20. The molecule has 0 saturated carbocycles. The number of hydrogen-bond donors (Lipinski definition) is 1. The molecule has 4 aromatic rings. The number of anilines is 1. The molecule has 0 aliphatic rings. The van der Waals surface area contributed by atoms with Crippen LogP contribution in [0.25, 0.3) is 9.88 Å². The number of thiophene rings is 2. The van der Waals surface area contributed by atoms with Crippen LogP contribution in [-0.2, 0) is 21.3 Å². The Morgan fingerprint density at radius 3 is 2.59 bits per heavy atom. The van der Waals surface area contributed by atoms with Crippen molar-refractivity contribution in [1.82, 2.24) is 10.2 Å². The smallest absolute Gasteiger partial charge is 0.348 e. The lowest BCUT2D eigenvalue weighted by molar-refractivity contribution is -0.118. The molecule has 12 heteroatoms. The van der Waals surface area contributed by atoms with Crippen LogP contribution < -0.4 is 9.50 Å². The molecule has 3 aromatic heterocycles. The molecular formula is C20H14N4O4S4. The maximum atomic E-state index is 12.7. The van der Waals surface area contributed by atoms with Crippen LogP contribution in [0, 0.1) is 17.2 Å². The molecule has 0 saturated heterocycles. The van der Waals surface area contributed by atoms with Crippen molar-refractivity contribution in [2.45, 2.75) is 10.6 Å². The number of nitrogens with one attached hydrogen (secondary N) is 1. The molecule has 4 rings (SSSR count). The first-order chi connectivity index (χ1) is 15.5. The fourth-order valence-electron chi connectivity index (χ4n) is 2.70. The first-order valence-corrected chi connectivity index (χ1v) is 13.1. The van der Waals surface area contributed by atoms with Crippen LogP contribution in [0.2, 0.25) is 0 Å². The predicted molar refractivity (Wildman–Crippen MR) is 123 cm³/mol. The van der Waals surface area contributed by atoms with E-state index in [0.29, 0.717) is 10.6 Å². The van der Waals surface area contributed by atoms with Gasteiger partial charge in [-0.05, 0) is 34.5 Å². The maximum Gasteiger partial charge on any atom is 0.348 e. The molecule has 1 atom stereocenters.